The molecule has 1 aliphatic rings. The molecule has 0 radical (unpaired) electrons. The number of aromatic nitrogens is 1. The number of thiazole rings is 1. The Morgan fingerprint density at radius 3 is 3.00 bits per heavy atom. The standard InChI is InChI=1S/C19H17N3O2S2/c1-12-6-7-13-16(10-12)26-19(20-13)21-17(23)11-22-14-4-2-3-5-15(14)25-9-8-18(22)24/h2-7,10H,8-9,11H2,1H3,(H,20,21,23). The maximum Gasteiger partial charge on any atom is 0.246 e. The SMILES string of the molecule is Cc1ccc2nc(NC(=O)CN3C(=O)CCSc4ccccc43)sc2c1. The maximum absolute atomic E-state index is 12.5. The van der Waals surface area contributed by atoms with Gasteiger partial charge in [-0.1, -0.05) is 29.5 Å². The predicted molar refractivity (Wildman–Crippen MR) is 107 cm³/mol. The maximum atomic E-state index is 12.5. The van der Waals surface area contributed by atoms with Crippen LogP contribution in [-0.2, 0) is 9.59 Å². The fourth-order valence-electron chi connectivity index (χ4n) is 2.88. The molecule has 0 unspecified atom stereocenters. The Morgan fingerprint density at radius 1 is 1.27 bits per heavy atom. The predicted octanol–water partition coefficient (Wildman–Crippen LogP) is 4.07. The number of anilines is 2. The van der Waals surface area contributed by atoms with Gasteiger partial charge in [0, 0.05) is 17.1 Å². The van der Waals surface area contributed by atoms with Crippen molar-refractivity contribution in [3.05, 3.63) is 48.0 Å². The van der Waals surface area contributed by atoms with Crippen LogP contribution in [0.25, 0.3) is 10.2 Å². The second kappa shape index (κ2) is 7.09. The second-order valence-corrected chi connectivity index (χ2v) is 8.25. The van der Waals surface area contributed by atoms with Crippen LogP contribution in [0.5, 0.6) is 0 Å². The van der Waals surface area contributed by atoms with Crippen molar-refractivity contribution in [1.82, 2.24) is 4.98 Å². The van der Waals surface area contributed by atoms with Gasteiger partial charge in [-0.2, -0.15) is 0 Å². The summed E-state index contributed by atoms with van der Waals surface area (Å²) in [6.45, 7) is 2.02. The van der Waals surface area contributed by atoms with Crippen molar-refractivity contribution < 1.29 is 9.59 Å². The van der Waals surface area contributed by atoms with E-state index in [2.05, 4.69) is 16.4 Å². The lowest BCUT2D eigenvalue weighted by molar-refractivity contribution is -0.121. The van der Waals surface area contributed by atoms with Gasteiger partial charge in [-0.05, 0) is 36.8 Å². The summed E-state index contributed by atoms with van der Waals surface area (Å²) >= 11 is 3.09. The van der Waals surface area contributed by atoms with Gasteiger partial charge in [0.25, 0.3) is 0 Å². The lowest BCUT2D eigenvalue weighted by Gasteiger charge is -2.21. The zero-order valence-electron chi connectivity index (χ0n) is 14.2. The number of hydrogen-bond donors (Lipinski definition) is 1. The molecule has 0 spiro atoms. The number of para-hydroxylation sites is 1. The van der Waals surface area contributed by atoms with Crippen LogP contribution in [-0.4, -0.2) is 29.1 Å². The van der Waals surface area contributed by atoms with Gasteiger partial charge in [-0.3, -0.25) is 9.59 Å². The van der Waals surface area contributed by atoms with Gasteiger partial charge in [-0.15, -0.1) is 11.8 Å². The topological polar surface area (TPSA) is 62.3 Å². The zero-order valence-corrected chi connectivity index (χ0v) is 15.8. The van der Waals surface area contributed by atoms with E-state index in [-0.39, 0.29) is 18.4 Å². The number of nitrogens with zero attached hydrogens (tertiary/aromatic N) is 2. The molecule has 0 saturated carbocycles. The normalized spacial score (nSPS) is 14.2. The molecule has 2 aromatic carbocycles. The first-order valence-electron chi connectivity index (χ1n) is 8.29. The minimum atomic E-state index is -0.240. The van der Waals surface area contributed by atoms with E-state index in [0.29, 0.717) is 11.6 Å². The number of thioether (sulfide) groups is 1. The largest absolute Gasteiger partial charge is 0.302 e. The van der Waals surface area contributed by atoms with Crippen molar-refractivity contribution in [3.63, 3.8) is 0 Å². The number of nitrogens with one attached hydrogen (secondary N) is 1. The summed E-state index contributed by atoms with van der Waals surface area (Å²) < 4.78 is 1.04. The summed E-state index contributed by atoms with van der Waals surface area (Å²) in [6, 6.07) is 13.7. The van der Waals surface area contributed by atoms with Crippen molar-refractivity contribution in [1.29, 1.82) is 0 Å². The molecule has 2 heterocycles. The summed E-state index contributed by atoms with van der Waals surface area (Å²) in [7, 11) is 0. The average molecular weight is 383 g/mol. The highest BCUT2D eigenvalue weighted by molar-refractivity contribution is 7.99. The van der Waals surface area contributed by atoms with Crippen LogP contribution in [0, 0.1) is 6.92 Å². The van der Waals surface area contributed by atoms with Gasteiger partial charge < -0.3 is 10.2 Å². The Morgan fingerprint density at radius 2 is 2.12 bits per heavy atom. The number of benzene rings is 2. The fourth-order valence-corrected chi connectivity index (χ4v) is 4.86. The third-order valence-corrected chi connectivity index (χ3v) is 6.12. The molecule has 26 heavy (non-hydrogen) atoms. The van der Waals surface area contributed by atoms with Crippen LogP contribution in [0.4, 0.5) is 10.8 Å². The summed E-state index contributed by atoms with van der Waals surface area (Å²) in [5.41, 5.74) is 2.82. The molecule has 7 heteroatoms. The molecule has 1 N–H and O–H groups in total. The highest BCUT2D eigenvalue weighted by Crippen LogP contribution is 2.34. The van der Waals surface area contributed by atoms with Crippen LogP contribution >= 0.6 is 23.1 Å². The average Bonchev–Trinajstić information content (AvgIpc) is 2.93. The summed E-state index contributed by atoms with van der Waals surface area (Å²) in [6.07, 6.45) is 0.424. The van der Waals surface area contributed by atoms with Crippen LogP contribution in [0.2, 0.25) is 0 Å². The quantitative estimate of drug-likeness (QED) is 0.740. The lowest BCUT2D eigenvalue weighted by atomic mass is 10.2. The van der Waals surface area contributed by atoms with Crippen molar-refractivity contribution in [2.24, 2.45) is 0 Å². The summed E-state index contributed by atoms with van der Waals surface area (Å²) in [4.78, 5) is 32.1. The number of aryl methyl sites for hydroxylation is 1. The summed E-state index contributed by atoms with van der Waals surface area (Å²) in [5.74, 6) is 0.457. The van der Waals surface area contributed by atoms with Gasteiger partial charge >= 0.3 is 0 Å². The molecule has 1 aromatic heterocycles. The Labute approximate surface area is 159 Å². The number of rotatable bonds is 3. The molecule has 0 saturated heterocycles. The van der Waals surface area contributed by atoms with Gasteiger partial charge in [0.2, 0.25) is 11.8 Å². The number of hydrogen-bond acceptors (Lipinski definition) is 5. The van der Waals surface area contributed by atoms with E-state index < -0.39 is 0 Å². The molecule has 3 aromatic rings. The van der Waals surface area contributed by atoms with Gasteiger partial charge in [0.15, 0.2) is 5.13 Å². The third kappa shape index (κ3) is 3.45. The number of amides is 2. The molecule has 4 rings (SSSR count). The van der Waals surface area contributed by atoms with E-state index in [4.69, 9.17) is 0 Å². The van der Waals surface area contributed by atoms with Crippen molar-refractivity contribution in [2.45, 2.75) is 18.2 Å². The van der Waals surface area contributed by atoms with E-state index in [1.807, 2.05) is 43.3 Å². The number of fused-ring (bicyclic) bond motifs is 2. The molecule has 0 fully saturated rings. The minimum absolute atomic E-state index is 0.00857. The molecule has 0 bridgehead atoms. The van der Waals surface area contributed by atoms with E-state index in [9.17, 15) is 9.59 Å². The molecule has 5 nitrogen and oxygen atoms in total. The molecule has 0 aliphatic carbocycles. The first-order valence-corrected chi connectivity index (χ1v) is 10.1. The first-order chi connectivity index (χ1) is 12.6. The van der Waals surface area contributed by atoms with Gasteiger partial charge in [0.1, 0.15) is 6.54 Å². The monoisotopic (exact) mass is 383 g/mol. The molecular weight excluding hydrogens is 366 g/mol. The van der Waals surface area contributed by atoms with Crippen molar-refractivity contribution in [3.8, 4) is 0 Å². The lowest BCUT2D eigenvalue weighted by Crippen LogP contribution is -2.37. The van der Waals surface area contributed by atoms with Crippen LogP contribution in [0.1, 0.15) is 12.0 Å². The molecule has 0 atom stereocenters. The Balaban J connectivity index is 1.54. The van der Waals surface area contributed by atoms with E-state index in [1.54, 1.807) is 16.7 Å². The third-order valence-electron chi connectivity index (χ3n) is 4.12. The molecule has 1 aliphatic heterocycles. The number of carbonyl (C=O) groups excluding carboxylic acids is 2. The zero-order chi connectivity index (χ0) is 18.1. The first kappa shape index (κ1) is 17.1. The smallest absolute Gasteiger partial charge is 0.246 e. The molecule has 132 valence electrons. The Bertz CT molecular complexity index is 999. The number of carbonyl (C=O) groups is 2. The van der Waals surface area contributed by atoms with Crippen LogP contribution < -0.4 is 10.2 Å². The van der Waals surface area contributed by atoms with E-state index in [0.717, 1.165) is 32.1 Å². The molecular formula is C19H17N3O2S2. The van der Waals surface area contributed by atoms with Gasteiger partial charge in [-0.25, -0.2) is 4.98 Å². The van der Waals surface area contributed by atoms with E-state index in [1.165, 1.54) is 11.3 Å². The van der Waals surface area contributed by atoms with Gasteiger partial charge in [0.05, 0.1) is 15.9 Å². The van der Waals surface area contributed by atoms with Crippen molar-refractivity contribution in [2.75, 3.05) is 22.5 Å². The highest BCUT2D eigenvalue weighted by atomic mass is 32.2. The van der Waals surface area contributed by atoms with Crippen LogP contribution in [0.3, 0.4) is 0 Å². The minimum Gasteiger partial charge on any atom is -0.302 e. The molecule has 2 amide bonds. The van der Waals surface area contributed by atoms with E-state index >= 15 is 0 Å². The fraction of sp³-hybridized carbons (Fsp3) is 0.211. The van der Waals surface area contributed by atoms with Crippen molar-refractivity contribution >= 4 is 55.9 Å². The Hall–Kier alpha value is -2.38. The second-order valence-electron chi connectivity index (χ2n) is 6.08. The summed E-state index contributed by atoms with van der Waals surface area (Å²) in [5, 5.41) is 3.39. The highest BCUT2D eigenvalue weighted by Gasteiger charge is 2.24. The van der Waals surface area contributed by atoms with Crippen LogP contribution in [0.15, 0.2) is 47.4 Å². The Kier molecular flexibility index (Phi) is 4.65.